The molecule has 0 bridgehead atoms. The fraction of sp³-hybridized carbons (Fsp3) is 0.273. The molecule has 0 amide bonds. The number of rotatable bonds is 3. The number of hydrogen-bond donors (Lipinski definition) is 1. The van der Waals surface area contributed by atoms with Gasteiger partial charge in [-0.1, -0.05) is 0 Å². The van der Waals surface area contributed by atoms with Gasteiger partial charge in [0, 0.05) is 11.5 Å². The lowest BCUT2D eigenvalue weighted by Gasteiger charge is -2.04. The second-order valence-electron chi connectivity index (χ2n) is 3.37. The molecule has 4 heteroatoms. The summed E-state index contributed by atoms with van der Waals surface area (Å²) in [5, 5.41) is 0.501. The molecule has 0 radical (unpaired) electrons. The number of hydrogen-bond acceptors (Lipinski definition) is 2. The van der Waals surface area contributed by atoms with Gasteiger partial charge in [0.25, 0.3) is 0 Å². The Labute approximate surface area is 85.7 Å². The summed E-state index contributed by atoms with van der Waals surface area (Å²) in [6.45, 7) is 0.482. The minimum atomic E-state index is -0.663. The van der Waals surface area contributed by atoms with E-state index in [1.807, 2.05) is 0 Å². The van der Waals surface area contributed by atoms with E-state index in [0.29, 0.717) is 30.3 Å². The summed E-state index contributed by atoms with van der Waals surface area (Å²) in [5.74, 6) is -1.20. The van der Waals surface area contributed by atoms with Crippen molar-refractivity contribution in [2.45, 2.75) is 12.8 Å². The van der Waals surface area contributed by atoms with Gasteiger partial charge in [-0.15, -0.1) is 0 Å². The molecule has 0 aliphatic carbocycles. The van der Waals surface area contributed by atoms with Crippen molar-refractivity contribution >= 4 is 11.0 Å². The first-order valence-electron chi connectivity index (χ1n) is 4.78. The number of nitrogens with two attached hydrogens (primary N) is 1. The average molecular weight is 211 g/mol. The van der Waals surface area contributed by atoms with Crippen LogP contribution in [0, 0.1) is 11.6 Å². The highest BCUT2D eigenvalue weighted by molar-refractivity contribution is 5.81. The number of benzene rings is 1. The van der Waals surface area contributed by atoms with Crippen molar-refractivity contribution in [2.24, 2.45) is 5.73 Å². The van der Waals surface area contributed by atoms with Gasteiger partial charge in [-0.25, -0.2) is 8.78 Å². The maximum absolute atomic E-state index is 13.5. The Hall–Kier alpha value is -1.42. The van der Waals surface area contributed by atoms with E-state index in [4.69, 9.17) is 10.2 Å². The van der Waals surface area contributed by atoms with E-state index in [1.165, 1.54) is 6.26 Å². The second kappa shape index (κ2) is 3.98. The highest BCUT2D eigenvalue weighted by atomic mass is 19.1. The maximum Gasteiger partial charge on any atom is 0.169 e. The summed E-state index contributed by atoms with van der Waals surface area (Å²) in [6, 6.07) is 2.44. The first-order valence-corrected chi connectivity index (χ1v) is 4.78. The van der Waals surface area contributed by atoms with Crippen LogP contribution in [0.5, 0.6) is 0 Å². The molecule has 0 atom stereocenters. The van der Waals surface area contributed by atoms with Crippen LogP contribution >= 0.6 is 0 Å². The normalized spacial score (nSPS) is 11.1. The van der Waals surface area contributed by atoms with Crippen molar-refractivity contribution in [3.8, 4) is 0 Å². The summed E-state index contributed by atoms with van der Waals surface area (Å²) in [6.07, 6.45) is 2.53. The molecule has 2 nitrogen and oxygen atoms in total. The largest absolute Gasteiger partial charge is 0.461 e. The topological polar surface area (TPSA) is 39.2 Å². The maximum atomic E-state index is 13.5. The Morgan fingerprint density at radius 2 is 2.07 bits per heavy atom. The van der Waals surface area contributed by atoms with Crippen molar-refractivity contribution in [1.82, 2.24) is 0 Å². The second-order valence-corrected chi connectivity index (χ2v) is 3.37. The van der Waals surface area contributed by atoms with Crippen LogP contribution in [0.1, 0.15) is 12.0 Å². The van der Waals surface area contributed by atoms with E-state index >= 15 is 0 Å². The zero-order valence-corrected chi connectivity index (χ0v) is 8.09. The molecule has 0 fully saturated rings. The number of aryl methyl sites for hydroxylation is 1. The van der Waals surface area contributed by atoms with Gasteiger partial charge in [0.2, 0.25) is 0 Å². The Kier molecular flexibility index (Phi) is 2.68. The van der Waals surface area contributed by atoms with E-state index in [1.54, 1.807) is 6.07 Å². The smallest absolute Gasteiger partial charge is 0.169 e. The number of halogens is 2. The molecule has 1 aromatic heterocycles. The third-order valence-corrected chi connectivity index (χ3v) is 2.38. The third kappa shape index (κ3) is 1.72. The number of furan rings is 1. The van der Waals surface area contributed by atoms with Gasteiger partial charge < -0.3 is 10.2 Å². The molecule has 0 saturated heterocycles. The standard InChI is InChI=1S/C11H11F2NO/c12-9-6-10(13)11-8(3-5-15-11)7(9)2-1-4-14/h3,5-6H,1-2,4,14H2. The SMILES string of the molecule is NCCCc1c(F)cc(F)c2occc12. The lowest BCUT2D eigenvalue weighted by atomic mass is 10.0. The van der Waals surface area contributed by atoms with Gasteiger partial charge in [-0.2, -0.15) is 0 Å². The monoisotopic (exact) mass is 211 g/mol. The van der Waals surface area contributed by atoms with E-state index in [2.05, 4.69) is 0 Å². The molecule has 0 spiro atoms. The van der Waals surface area contributed by atoms with Crippen LogP contribution in [0.25, 0.3) is 11.0 Å². The van der Waals surface area contributed by atoms with Gasteiger partial charge in [-0.3, -0.25) is 0 Å². The average Bonchev–Trinajstić information content (AvgIpc) is 2.66. The van der Waals surface area contributed by atoms with Gasteiger partial charge >= 0.3 is 0 Å². The lowest BCUT2D eigenvalue weighted by Crippen LogP contribution is -2.02. The van der Waals surface area contributed by atoms with Gasteiger partial charge in [0.1, 0.15) is 5.82 Å². The number of fused-ring (bicyclic) bond motifs is 1. The Morgan fingerprint density at radius 1 is 1.27 bits per heavy atom. The van der Waals surface area contributed by atoms with E-state index in [0.717, 1.165) is 6.07 Å². The van der Waals surface area contributed by atoms with Crippen LogP contribution in [0.15, 0.2) is 22.8 Å². The molecule has 2 N–H and O–H groups in total. The minimum absolute atomic E-state index is 0.114. The fourth-order valence-corrected chi connectivity index (χ4v) is 1.66. The summed E-state index contributed by atoms with van der Waals surface area (Å²) in [5.41, 5.74) is 5.95. The predicted octanol–water partition coefficient (Wildman–Crippen LogP) is 2.60. The first kappa shape index (κ1) is 10.1. The first-order chi connectivity index (χ1) is 7.24. The van der Waals surface area contributed by atoms with Gasteiger partial charge in [0.15, 0.2) is 11.4 Å². The summed E-state index contributed by atoms with van der Waals surface area (Å²) in [4.78, 5) is 0. The fourth-order valence-electron chi connectivity index (χ4n) is 1.66. The van der Waals surface area contributed by atoms with Crippen LogP contribution in [0.4, 0.5) is 8.78 Å². The minimum Gasteiger partial charge on any atom is -0.461 e. The molecule has 0 unspecified atom stereocenters. The Balaban J connectivity index is 2.55. The van der Waals surface area contributed by atoms with Gasteiger partial charge in [-0.05, 0) is 31.0 Å². The molecular weight excluding hydrogens is 200 g/mol. The van der Waals surface area contributed by atoms with Crippen LogP contribution in [-0.4, -0.2) is 6.54 Å². The zero-order chi connectivity index (χ0) is 10.8. The zero-order valence-electron chi connectivity index (χ0n) is 8.09. The van der Waals surface area contributed by atoms with Crippen molar-refractivity contribution in [3.63, 3.8) is 0 Å². The molecule has 80 valence electrons. The Bertz CT molecular complexity index is 479. The highest BCUT2D eigenvalue weighted by Crippen LogP contribution is 2.26. The molecule has 1 heterocycles. The van der Waals surface area contributed by atoms with Crippen LogP contribution in [0.2, 0.25) is 0 Å². The van der Waals surface area contributed by atoms with Crippen molar-refractivity contribution in [3.05, 3.63) is 35.6 Å². The highest BCUT2D eigenvalue weighted by Gasteiger charge is 2.13. The molecular formula is C11H11F2NO. The van der Waals surface area contributed by atoms with Gasteiger partial charge in [0.05, 0.1) is 6.26 Å². The van der Waals surface area contributed by atoms with Crippen LogP contribution in [-0.2, 0) is 6.42 Å². The summed E-state index contributed by atoms with van der Waals surface area (Å²) < 4.78 is 31.6. The van der Waals surface area contributed by atoms with Crippen molar-refractivity contribution in [2.75, 3.05) is 6.54 Å². The molecule has 15 heavy (non-hydrogen) atoms. The van der Waals surface area contributed by atoms with Crippen molar-refractivity contribution in [1.29, 1.82) is 0 Å². The van der Waals surface area contributed by atoms with Crippen LogP contribution in [0.3, 0.4) is 0 Å². The third-order valence-electron chi connectivity index (χ3n) is 2.38. The van der Waals surface area contributed by atoms with E-state index < -0.39 is 11.6 Å². The van der Waals surface area contributed by atoms with E-state index in [-0.39, 0.29) is 5.58 Å². The lowest BCUT2D eigenvalue weighted by molar-refractivity contribution is 0.542. The summed E-state index contributed by atoms with van der Waals surface area (Å²) >= 11 is 0. The molecule has 0 aliphatic heterocycles. The molecule has 2 aromatic rings. The molecule has 0 aliphatic rings. The Morgan fingerprint density at radius 3 is 2.80 bits per heavy atom. The molecule has 0 saturated carbocycles. The predicted molar refractivity (Wildman–Crippen MR) is 53.5 cm³/mol. The quantitative estimate of drug-likeness (QED) is 0.847. The molecule has 2 rings (SSSR count). The van der Waals surface area contributed by atoms with E-state index in [9.17, 15) is 8.78 Å². The van der Waals surface area contributed by atoms with Crippen molar-refractivity contribution < 1.29 is 13.2 Å². The van der Waals surface area contributed by atoms with Crippen LogP contribution < -0.4 is 5.73 Å². The molecule has 1 aromatic carbocycles. The summed E-state index contributed by atoms with van der Waals surface area (Å²) in [7, 11) is 0.